The van der Waals surface area contributed by atoms with Gasteiger partial charge in [0.2, 0.25) is 0 Å². The summed E-state index contributed by atoms with van der Waals surface area (Å²) in [4.78, 5) is 12.7. The van der Waals surface area contributed by atoms with Gasteiger partial charge in [0, 0.05) is 11.2 Å². The van der Waals surface area contributed by atoms with Crippen molar-refractivity contribution < 1.29 is 9.47 Å². The second-order valence-corrected chi connectivity index (χ2v) is 5.45. The highest BCUT2D eigenvalue weighted by molar-refractivity contribution is 9.09. The van der Waals surface area contributed by atoms with Crippen molar-refractivity contribution >= 4 is 15.9 Å². The van der Waals surface area contributed by atoms with Gasteiger partial charge in [0.05, 0.1) is 14.2 Å². The van der Waals surface area contributed by atoms with Gasteiger partial charge in [-0.15, -0.1) is 4.98 Å². The van der Waals surface area contributed by atoms with Gasteiger partial charge in [-0.05, 0) is 12.3 Å². The number of hydrogen-bond acceptors (Lipinski definition) is 5. The molecule has 0 amide bonds. The van der Waals surface area contributed by atoms with Gasteiger partial charge < -0.3 is 9.47 Å². The van der Waals surface area contributed by atoms with Crippen LogP contribution in [0.5, 0.6) is 12.0 Å². The molecule has 0 bridgehead atoms. The Morgan fingerprint density at radius 2 is 1.59 bits per heavy atom. The minimum Gasteiger partial charge on any atom is -0.467 e. The molecule has 6 heteroatoms. The number of ether oxygens (including phenoxy) is 2. The number of alkyl halides is 1. The molecule has 5 nitrogen and oxygen atoms in total. The van der Waals surface area contributed by atoms with E-state index in [4.69, 9.17) is 9.47 Å². The Bertz CT molecular complexity index is 338. The number of nitrogens with zero attached hydrogens (tertiary/aromatic N) is 3. The van der Waals surface area contributed by atoms with Gasteiger partial charge in [0.1, 0.15) is 5.82 Å². The monoisotopic (exact) mass is 303 g/mol. The summed E-state index contributed by atoms with van der Waals surface area (Å²) in [5.74, 6) is 1.31. The van der Waals surface area contributed by atoms with Gasteiger partial charge in [-0.2, -0.15) is 9.97 Å². The van der Waals surface area contributed by atoms with Crippen LogP contribution < -0.4 is 9.47 Å². The van der Waals surface area contributed by atoms with Crippen LogP contribution in [0.15, 0.2) is 0 Å². The predicted molar refractivity (Wildman–Crippen MR) is 68.8 cm³/mol. The summed E-state index contributed by atoms with van der Waals surface area (Å²) in [5.41, 5.74) is 0. The summed E-state index contributed by atoms with van der Waals surface area (Å²) in [6, 6.07) is 0.576. The molecule has 1 aromatic heterocycles. The van der Waals surface area contributed by atoms with Crippen LogP contribution in [0.4, 0.5) is 0 Å². The minimum atomic E-state index is 0.288. The fraction of sp³-hybridized carbons (Fsp3) is 0.727. The van der Waals surface area contributed by atoms with Crippen molar-refractivity contribution in [1.29, 1.82) is 0 Å². The first-order chi connectivity index (χ1) is 8.05. The largest absolute Gasteiger partial charge is 0.467 e. The summed E-state index contributed by atoms with van der Waals surface area (Å²) in [7, 11) is 3.05. The molecule has 0 aliphatic rings. The second-order valence-electron chi connectivity index (χ2n) is 4.16. The first-order valence-corrected chi connectivity index (χ1v) is 6.43. The fourth-order valence-electron chi connectivity index (χ4n) is 1.44. The average molecular weight is 304 g/mol. The Balaban J connectivity index is 2.75. The van der Waals surface area contributed by atoms with Crippen LogP contribution in [0.3, 0.4) is 0 Å². The molecule has 0 aliphatic heterocycles. The molecule has 1 rings (SSSR count). The average Bonchev–Trinajstić information content (AvgIpc) is 2.27. The summed E-state index contributed by atoms with van der Waals surface area (Å²) >= 11 is 3.63. The van der Waals surface area contributed by atoms with E-state index in [1.807, 2.05) is 0 Å². The highest BCUT2D eigenvalue weighted by atomic mass is 79.9. The van der Waals surface area contributed by atoms with Crippen LogP contribution in [0.25, 0.3) is 0 Å². The van der Waals surface area contributed by atoms with E-state index in [1.165, 1.54) is 14.2 Å². The second kappa shape index (κ2) is 6.74. The van der Waals surface area contributed by atoms with Crippen molar-refractivity contribution in [3.05, 3.63) is 5.82 Å². The van der Waals surface area contributed by atoms with Crippen molar-refractivity contribution in [2.45, 2.75) is 31.5 Å². The third kappa shape index (κ3) is 4.85. The lowest BCUT2D eigenvalue weighted by Crippen LogP contribution is -2.11. The SMILES string of the molecule is COc1nc(CC(Br)CC(C)C)nc(OC)n1. The van der Waals surface area contributed by atoms with Gasteiger partial charge in [-0.1, -0.05) is 29.8 Å². The standard InChI is InChI=1S/C11H18BrN3O2/c1-7(2)5-8(12)6-9-13-10(16-3)15-11(14-9)17-4/h7-8H,5-6H2,1-4H3. The van der Waals surface area contributed by atoms with Gasteiger partial charge in [0.25, 0.3) is 0 Å². The predicted octanol–water partition coefficient (Wildman–Crippen LogP) is 2.24. The smallest absolute Gasteiger partial charge is 0.322 e. The third-order valence-electron chi connectivity index (χ3n) is 2.14. The molecule has 1 heterocycles. The molecule has 0 saturated carbocycles. The first kappa shape index (κ1) is 14.2. The van der Waals surface area contributed by atoms with Crippen molar-refractivity contribution in [2.24, 2.45) is 5.92 Å². The molecule has 0 N–H and O–H groups in total. The van der Waals surface area contributed by atoms with Crippen molar-refractivity contribution in [3.63, 3.8) is 0 Å². The quantitative estimate of drug-likeness (QED) is 0.754. The lowest BCUT2D eigenvalue weighted by molar-refractivity contribution is 0.336. The van der Waals surface area contributed by atoms with E-state index in [0.29, 0.717) is 16.6 Å². The van der Waals surface area contributed by atoms with Gasteiger partial charge in [0.15, 0.2) is 0 Å². The van der Waals surface area contributed by atoms with Gasteiger partial charge in [-0.3, -0.25) is 0 Å². The molecule has 17 heavy (non-hydrogen) atoms. The van der Waals surface area contributed by atoms with E-state index in [2.05, 4.69) is 44.7 Å². The van der Waals surface area contributed by atoms with Crippen LogP contribution in [-0.4, -0.2) is 34.0 Å². The van der Waals surface area contributed by atoms with E-state index in [0.717, 1.165) is 12.8 Å². The summed E-state index contributed by atoms with van der Waals surface area (Å²) in [5, 5.41) is 0. The van der Waals surface area contributed by atoms with Crippen LogP contribution in [0.1, 0.15) is 26.1 Å². The Hall–Kier alpha value is -0.910. The van der Waals surface area contributed by atoms with E-state index in [-0.39, 0.29) is 12.0 Å². The van der Waals surface area contributed by atoms with E-state index in [1.54, 1.807) is 0 Å². The van der Waals surface area contributed by atoms with Crippen LogP contribution in [-0.2, 0) is 6.42 Å². The number of aromatic nitrogens is 3. The van der Waals surface area contributed by atoms with Crippen molar-refractivity contribution in [2.75, 3.05) is 14.2 Å². The number of halogens is 1. The molecule has 1 unspecified atom stereocenters. The Morgan fingerprint density at radius 1 is 1.06 bits per heavy atom. The molecule has 1 atom stereocenters. The Labute approximate surface area is 110 Å². The van der Waals surface area contributed by atoms with Gasteiger partial charge in [-0.25, -0.2) is 0 Å². The maximum Gasteiger partial charge on any atom is 0.322 e. The van der Waals surface area contributed by atoms with Crippen molar-refractivity contribution in [1.82, 2.24) is 15.0 Å². The van der Waals surface area contributed by atoms with E-state index in [9.17, 15) is 0 Å². The zero-order valence-electron chi connectivity index (χ0n) is 10.6. The maximum atomic E-state index is 5.00. The molecule has 0 spiro atoms. The van der Waals surface area contributed by atoms with E-state index < -0.39 is 0 Å². The van der Waals surface area contributed by atoms with Gasteiger partial charge >= 0.3 is 12.0 Å². The molecule has 0 aromatic carbocycles. The van der Waals surface area contributed by atoms with Crippen molar-refractivity contribution in [3.8, 4) is 12.0 Å². The summed E-state index contributed by atoms with van der Waals surface area (Å²) < 4.78 is 10.0. The molecule has 1 aromatic rings. The summed E-state index contributed by atoms with van der Waals surface area (Å²) in [6.45, 7) is 4.37. The number of methoxy groups -OCH3 is 2. The molecular weight excluding hydrogens is 286 g/mol. The molecule has 0 saturated heterocycles. The number of rotatable bonds is 6. The lowest BCUT2D eigenvalue weighted by Gasteiger charge is -2.11. The highest BCUT2D eigenvalue weighted by Crippen LogP contribution is 2.18. The Morgan fingerprint density at radius 3 is 2.00 bits per heavy atom. The van der Waals surface area contributed by atoms with Crippen LogP contribution in [0.2, 0.25) is 0 Å². The minimum absolute atomic E-state index is 0.288. The first-order valence-electron chi connectivity index (χ1n) is 5.52. The third-order valence-corrected chi connectivity index (χ3v) is 2.83. The fourth-order valence-corrected chi connectivity index (χ4v) is 2.48. The number of hydrogen-bond donors (Lipinski definition) is 0. The zero-order chi connectivity index (χ0) is 12.8. The lowest BCUT2D eigenvalue weighted by atomic mass is 10.1. The van der Waals surface area contributed by atoms with Crippen LogP contribution >= 0.6 is 15.9 Å². The molecule has 96 valence electrons. The van der Waals surface area contributed by atoms with E-state index >= 15 is 0 Å². The molecule has 0 aliphatic carbocycles. The maximum absolute atomic E-state index is 5.00. The summed E-state index contributed by atoms with van der Waals surface area (Å²) in [6.07, 6.45) is 1.80. The van der Waals surface area contributed by atoms with Crippen LogP contribution in [0, 0.1) is 5.92 Å². The molecular formula is C11H18BrN3O2. The molecule has 0 radical (unpaired) electrons. The Kier molecular flexibility index (Phi) is 5.61. The normalized spacial score (nSPS) is 12.6. The highest BCUT2D eigenvalue weighted by Gasteiger charge is 2.13. The topological polar surface area (TPSA) is 57.1 Å². The zero-order valence-corrected chi connectivity index (χ0v) is 12.2. The molecule has 0 fully saturated rings.